The maximum atomic E-state index is 10.6. The van der Waals surface area contributed by atoms with E-state index in [-0.39, 0.29) is 5.92 Å². The van der Waals surface area contributed by atoms with Gasteiger partial charge in [-0.25, -0.2) is 0 Å². The first kappa shape index (κ1) is 11.3. The second-order valence-electron chi connectivity index (χ2n) is 4.52. The molecule has 86 valence electrons. The number of rotatable bonds is 3. The van der Waals surface area contributed by atoms with E-state index >= 15 is 0 Å². The minimum atomic E-state index is 0.279. The molecule has 0 aliphatic carbocycles. The third-order valence-corrected chi connectivity index (χ3v) is 3.16. The number of pyridine rings is 1. The fourth-order valence-electron chi connectivity index (χ4n) is 2.16. The summed E-state index contributed by atoms with van der Waals surface area (Å²) in [5.41, 5.74) is 2.20. The molecule has 1 saturated heterocycles. The van der Waals surface area contributed by atoms with Crippen LogP contribution in [0.3, 0.4) is 0 Å². The van der Waals surface area contributed by atoms with Gasteiger partial charge in [0, 0.05) is 18.2 Å². The number of carbonyl (C=O) groups is 1. The van der Waals surface area contributed by atoms with E-state index in [0.29, 0.717) is 0 Å². The summed E-state index contributed by atoms with van der Waals surface area (Å²) >= 11 is 0. The fourth-order valence-corrected chi connectivity index (χ4v) is 2.16. The summed E-state index contributed by atoms with van der Waals surface area (Å²) in [5, 5.41) is 0. The first-order valence-corrected chi connectivity index (χ1v) is 5.88. The van der Waals surface area contributed by atoms with Crippen LogP contribution in [-0.2, 0) is 11.3 Å². The Bertz CT molecular complexity index is 357. The van der Waals surface area contributed by atoms with Gasteiger partial charge in [0.2, 0.25) is 0 Å². The molecule has 16 heavy (non-hydrogen) atoms. The quantitative estimate of drug-likeness (QED) is 0.725. The summed E-state index contributed by atoms with van der Waals surface area (Å²) < 4.78 is 0. The van der Waals surface area contributed by atoms with Gasteiger partial charge >= 0.3 is 0 Å². The van der Waals surface area contributed by atoms with Crippen molar-refractivity contribution in [3.63, 3.8) is 0 Å². The average Bonchev–Trinajstić information content (AvgIpc) is 2.30. The van der Waals surface area contributed by atoms with E-state index in [1.807, 2.05) is 13.0 Å². The number of likely N-dealkylation sites (tertiary alicyclic amines) is 1. The largest absolute Gasteiger partial charge is 0.303 e. The Labute approximate surface area is 96.5 Å². The van der Waals surface area contributed by atoms with Gasteiger partial charge in [-0.05, 0) is 45.0 Å². The van der Waals surface area contributed by atoms with E-state index in [1.165, 1.54) is 0 Å². The van der Waals surface area contributed by atoms with Gasteiger partial charge < -0.3 is 4.79 Å². The third kappa shape index (κ3) is 2.89. The first-order chi connectivity index (χ1) is 7.78. The highest BCUT2D eigenvalue weighted by molar-refractivity contribution is 5.53. The Morgan fingerprint density at radius 1 is 1.44 bits per heavy atom. The van der Waals surface area contributed by atoms with Crippen LogP contribution >= 0.6 is 0 Å². The lowest BCUT2D eigenvalue weighted by Crippen LogP contribution is -2.33. The zero-order chi connectivity index (χ0) is 11.4. The van der Waals surface area contributed by atoms with Crippen molar-refractivity contribution in [3.05, 3.63) is 29.6 Å². The molecule has 0 amide bonds. The Morgan fingerprint density at radius 3 is 2.81 bits per heavy atom. The maximum absolute atomic E-state index is 10.6. The molecule has 1 aliphatic rings. The van der Waals surface area contributed by atoms with Crippen molar-refractivity contribution in [1.29, 1.82) is 0 Å². The summed E-state index contributed by atoms with van der Waals surface area (Å²) in [5.74, 6) is 0.279. The van der Waals surface area contributed by atoms with Crippen LogP contribution in [0.15, 0.2) is 18.2 Å². The molecule has 0 unspecified atom stereocenters. The maximum Gasteiger partial charge on any atom is 0.123 e. The van der Waals surface area contributed by atoms with Crippen LogP contribution in [0.2, 0.25) is 0 Å². The van der Waals surface area contributed by atoms with Crippen LogP contribution in [0.25, 0.3) is 0 Å². The minimum absolute atomic E-state index is 0.279. The summed E-state index contributed by atoms with van der Waals surface area (Å²) in [6, 6.07) is 6.14. The van der Waals surface area contributed by atoms with E-state index in [4.69, 9.17) is 0 Å². The molecule has 3 heteroatoms. The van der Waals surface area contributed by atoms with Crippen LogP contribution in [0, 0.1) is 12.8 Å². The topological polar surface area (TPSA) is 33.2 Å². The number of carbonyl (C=O) groups excluding carboxylic acids is 1. The standard InChI is InChI=1S/C13H18N2O/c1-11-3-2-4-13(14-11)9-15-7-5-12(10-16)6-8-15/h2-4,10,12H,5-9H2,1H3. The zero-order valence-corrected chi connectivity index (χ0v) is 9.72. The molecule has 0 atom stereocenters. The summed E-state index contributed by atoms with van der Waals surface area (Å²) in [4.78, 5) is 17.5. The van der Waals surface area contributed by atoms with Crippen LogP contribution in [-0.4, -0.2) is 29.3 Å². The van der Waals surface area contributed by atoms with Gasteiger partial charge in [-0.2, -0.15) is 0 Å². The van der Waals surface area contributed by atoms with Crippen molar-refractivity contribution in [2.45, 2.75) is 26.3 Å². The molecule has 1 aromatic rings. The molecule has 0 N–H and O–H groups in total. The lowest BCUT2D eigenvalue weighted by atomic mass is 9.98. The molecule has 0 bridgehead atoms. The fraction of sp³-hybridized carbons (Fsp3) is 0.538. The van der Waals surface area contributed by atoms with E-state index in [0.717, 1.165) is 50.1 Å². The lowest BCUT2D eigenvalue weighted by molar-refractivity contribution is -0.112. The smallest absolute Gasteiger partial charge is 0.123 e. The minimum Gasteiger partial charge on any atom is -0.303 e. The molecule has 1 fully saturated rings. The van der Waals surface area contributed by atoms with E-state index in [2.05, 4.69) is 22.0 Å². The van der Waals surface area contributed by atoms with Crippen molar-refractivity contribution in [1.82, 2.24) is 9.88 Å². The number of nitrogens with zero attached hydrogens (tertiary/aromatic N) is 2. The summed E-state index contributed by atoms with van der Waals surface area (Å²) in [6.07, 6.45) is 3.09. The molecule has 0 aromatic carbocycles. The molecule has 1 aliphatic heterocycles. The van der Waals surface area contributed by atoms with Crippen molar-refractivity contribution < 1.29 is 4.79 Å². The molecule has 0 saturated carbocycles. The van der Waals surface area contributed by atoms with Crippen LogP contribution in [0.1, 0.15) is 24.2 Å². The number of aryl methyl sites for hydroxylation is 1. The predicted octanol–water partition coefficient (Wildman–Crippen LogP) is 1.80. The molecule has 0 radical (unpaired) electrons. The first-order valence-electron chi connectivity index (χ1n) is 5.88. The van der Waals surface area contributed by atoms with E-state index < -0.39 is 0 Å². The van der Waals surface area contributed by atoms with Gasteiger partial charge in [0.1, 0.15) is 6.29 Å². The van der Waals surface area contributed by atoms with Gasteiger partial charge in [-0.15, -0.1) is 0 Å². The number of piperidine rings is 1. The second-order valence-corrected chi connectivity index (χ2v) is 4.52. The molecular weight excluding hydrogens is 200 g/mol. The number of hydrogen-bond acceptors (Lipinski definition) is 3. The zero-order valence-electron chi connectivity index (χ0n) is 9.72. The van der Waals surface area contributed by atoms with Gasteiger partial charge in [-0.1, -0.05) is 6.07 Å². The van der Waals surface area contributed by atoms with Crippen molar-refractivity contribution in [3.8, 4) is 0 Å². The molecular formula is C13H18N2O. The number of aromatic nitrogens is 1. The second kappa shape index (κ2) is 5.21. The molecule has 0 spiro atoms. The van der Waals surface area contributed by atoms with Gasteiger partial charge in [0.25, 0.3) is 0 Å². The van der Waals surface area contributed by atoms with Crippen LogP contribution in [0.4, 0.5) is 0 Å². The van der Waals surface area contributed by atoms with E-state index in [9.17, 15) is 4.79 Å². The van der Waals surface area contributed by atoms with E-state index in [1.54, 1.807) is 0 Å². The Hall–Kier alpha value is -1.22. The predicted molar refractivity (Wildman–Crippen MR) is 63.0 cm³/mol. The van der Waals surface area contributed by atoms with Crippen LogP contribution < -0.4 is 0 Å². The van der Waals surface area contributed by atoms with Crippen molar-refractivity contribution >= 4 is 6.29 Å². The monoisotopic (exact) mass is 218 g/mol. The van der Waals surface area contributed by atoms with Crippen molar-refractivity contribution in [2.24, 2.45) is 5.92 Å². The lowest BCUT2D eigenvalue weighted by Gasteiger charge is -2.29. The Balaban J connectivity index is 1.89. The highest BCUT2D eigenvalue weighted by atomic mass is 16.1. The number of aldehydes is 1. The number of hydrogen-bond donors (Lipinski definition) is 0. The van der Waals surface area contributed by atoms with Gasteiger partial charge in [0.05, 0.1) is 5.69 Å². The summed E-state index contributed by atoms with van der Waals surface area (Å²) in [7, 11) is 0. The van der Waals surface area contributed by atoms with Gasteiger partial charge in [0.15, 0.2) is 0 Å². The molecule has 2 rings (SSSR count). The summed E-state index contributed by atoms with van der Waals surface area (Å²) in [6.45, 7) is 4.95. The third-order valence-electron chi connectivity index (χ3n) is 3.16. The van der Waals surface area contributed by atoms with Gasteiger partial charge in [-0.3, -0.25) is 9.88 Å². The normalized spacial score (nSPS) is 18.6. The average molecular weight is 218 g/mol. The highest BCUT2D eigenvalue weighted by Crippen LogP contribution is 2.16. The Kier molecular flexibility index (Phi) is 3.67. The molecule has 2 heterocycles. The van der Waals surface area contributed by atoms with Crippen molar-refractivity contribution in [2.75, 3.05) is 13.1 Å². The highest BCUT2D eigenvalue weighted by Gasteiger charge is 2.18. The van der Waals surface area contributed by atoms with Crippen LogP contribution in [0.5, 0.6) is 0 Å². The Morgan fingerprint density at radius 2 is 2.19 bits per heavy atom. The molecule has 3 nitrogen and oxygen atoms in total. The SMILES string of the molecule is Cc1cccc(CN2CCC(C=O)CC2)n1. The molecule has 1 aromatic heterocycles.